The van der Waals surface area contributed by atoms with Gasteiger partial charge in [-0.25, -0.2) is 0 Å². The summed E-state index contributed by atoms with van der Waals surface area (Å²) in [7, 11) is 0. The van der Waals surface area contributed by atoms with Gasteiger partial charge in [0.15, 0.2) is 5.82 Å². The van der Waals surface area contributed by atoms with Crippen molar-refractivity contribution in [1.29, 1.82) is 0 Å². The molecule has 0 amide bonds. The van der Waals surface area contributed by atoms with Crippen molar-refractivity contribution < 1.29 is 9.26 Å². The molecule has 19 heavy (non-hydrogen) atoms. The molecule has 2 aliphatic heterocycles. The number of rotatable bonds is 3. The Morgan fingerprint density at radius 1 is 1.21 bits per heavy atom. The van der Waals surface area contributed by atoms with Crippen molar-refractivity contribution in [2.24, 2.45) is 0 Å². The van der Waals surface area contributed by atoms with E-state index in [9.17, 15) is 0 Å². The average molecular weight is 266 g/mol. The highest BCUT2D eigenvalue weighted by molar-refractivity contribution is 5.26. The molecule has 3 rings (SSSR count). The third-order valence-electron chi connectivity index (χ3n) is 3.95. The summed E-state index contributed by atoms with van der Waals surface area (Å²) in [5, 5.41) is 4.03. The highest BCUT2D eigenvalue weighted by atomic mass is 16.5. The van der Waals surface area contributed by atoms with Crippen LogP contribution < -0.4 is 4.90 Å². The molecule has 1 unspecified atom stereocenters. The van der Waals surface area contributed by atoms with Gasteiger partial charge in [0, 0.05) is 44.7 Å². The lowest BCUT2D eigenvalue weighted by atomic mass is 10.2. The zero-order valence-electron chi connectivity index (χ0n) is 11.7. The van der Waals surface area contributed by atoms with Crippen LogP contribution in [0, 0.1) is 0 Å². The standard InChI is InChI=1S/C13H22N4O2/c1-10(2)12-14-13(19-15-12)17-6-4-16(5-7-17)11-3-8-18-9-11/h10-11H,3-9H2,1-2H3. The van der Waals surface area contributed by atoms with Crippen LogP contribution in [-0.2, 0) is 4.74 Å². The first kappa shape index (κ1) is 12.9. The number of nitrogens with zero attached hydrogens (tertiary/aromatic N) is 4. The van der Waals surface area contributed by atoms with Gasteiger partial charge in [0.25, 0.3) is 0 Å². The van der Waals surface area contributed by atoms with E-state index in [4.69, 9.17) is 9.26 Å². The minimum atomic E-state index is 0.314. The van der Waals surface area contributed by atoms with Gasteiger partial charge in [-0.2, -0.15) is 4.98 Å². The lowest BCUT2D eigenvalue weighted by Crippen LogP contribution is -2.50. The lowest BCUT2D eigenvalue weighted by molar-refractivity contribution is 0.137. The van der Waals surface area contributed by atoms with E-state index in [0.717, 1.165) is 51.6 Å². The molecule has 2 saturated heterocycles. The summed E-state index contributed by atoms with van der Waals surface area (Å²) < 4.78 is 10.8. The van der Waals surface area contributed by atoms with Crippen LogP contribution in [0.1, 0.15) is 32.0 Å². The number of hydrogen-bond donors (Lipinski definition) is 0. The number of anilines is 1. The van der Waals surface area contributed by atoms with Gasteiger partial charge in [-0.05, 0) is 6.42 Å². The normalized spacial score (nSPS) is 25.4. The third kappa shape index (κ3) is 2.74. The second-order valence-corrected chi connectivity index (χ2v) is 5.63. The summed E-state index contributed by atoms with van der Waals surface area (Å²) >= 11 is 0. The molecule has 0 bridgehead atoms. The van der Waals surface area contributed by atoms with Crippen LogP contribution in [0.25, 0.3) is 0 Å². The van der Waals surface area contributed by atoms with Gasteiger partial charge in [-0.15, -0.1) is 0 Å². The van der Waals surface area contributed by atoms with Gasteiger partial charge in [0.1, 0.15) is 0 Å². The Balaban J connectivity index is 1.56. The van der Waals surface area contributed by atoms with E-state index in [1.807, 2.05) is 0 Å². The summed E-state index contributed by atoms with van der Waals surface area (Å²) in [5.74, 6) is 1.11. The average Bonchev–Trinajstić information content (AvgIpc) is 3.11. The molecule has 6 heteroatoms. The predicted molar refractivity (Wildman–Crippen MR) is 71.4 cm³/mol. The van der Waals surface area contributed by atoms with Crippen molar-refractivity contribution in [1.82, 2.24) is 15.0 Å². The van der Waals surface area contributed by atoms with Crippen molar-refractivity contribution in [3.05, 3.63) is 5.82 Å². The fraction of sp³-hybridized carbons (Fsp3) is 0.846. The molecule has 3 heterocycles. The summed E-state index contributed by atoms with van der Waals surface area (Å²) in [5.41, 5.74) is 0. The maximum atomic E-state index is 5.46. The molecule has 0 spiro atoms. The Morgan fingerprint density at radius 2 is 2.00 bits per heavy atom. The van der Waals surface area contributed by atoms with Gasteiger partial charge < -0.3 is 14.2 Å². The van der Waals surface area contributed by atoms with Crippen molar-refractivity contribution in [2.75, 3.05) is 44.3 Å². The number of hydrogen-bond acceptors (Lipinski definition) is 6. The molecule has 1 aromatic rings. The maximum Gasteiger partial charge on any atom is 0.324 e. The van der Waals surface area contributed by atoms with Gasteiger partial charge in [0.05, 0.1) is 6.61 Å². The predicted octanol–water partition coefficient (Wildman–Crippen LogP) is 1.10. The molecule has 2 aliphatic rings. The SMILES string of the molecule is CC(C)c1noc(N2CCN(C3CCOC3)CC2)n1. The fourth-order valence-corrected chi connectivity index (χ4v) is 2.68. The van der Waals surface area contributed by atoms with E-state index in [1.54, 1.807) is 0 Å². The van der Waals surface area contributed by atoms with Crippen molar-refractivity contribution in [3.63, 3.8) is 0 Å². The minimum absolute atomic E-state index is 0.314. The first-order valence-electron chi connectivity index (χ1n) is 7.14. The zero-order chi connectivity index (χ0) is 13.2. The molecular formula is C13H22N4O2. The van der Waals surface area contributed by atoms with Crippen molar-refractivity contribution >= 4 is 6.01 Å². The molecular weight excluding hydrogens is 244 g/mol. The molecule has 0 aromatic carbocycles. The molecule has 0 radical (unpaired) electrons. The van der Waals surface area contributed by atoms with Crippen LogP contribution in [0.2, 0.25) is 0 Å². The van der Waals surface area contributed by atoms with E-state index in [0.29, 0.717) is 18.0 Å². The zero-order valence-corrected chi connectivity index (χ0v) is 11.7. The summed E-state index contributed by atoms with van der Waals surface area (Å²) in [6, 6.07) is 1.28. The van der Waals surface area contributed by atoms with E-state index in [2.05, 4.69) is 33.8 Å². The lowest BCUT2D eigenvalue weighted by Gasteiger charge is -2.36. The van der Waals surface area contributed by atoms with Crippen LogP contribution in [0.15, 0.2) is 4.52 Å². The van der Waals surface area contributed by atoms with Gasteiger partial charge in [-0.1, -0.05) is 19.0 Å². The summed E-state index contributed by atoms with van der Waals surface area (Å²) in [6.07, 6.45) is 1.16. The Bertz CT molecular complexity index is 407. The Kier molecular flexibility index (Phi) is 3.70. The minimum Gasteiger partial charge on any atom is -0.380 e. The van der Waals surface area contributed by atoms with Crippen LogP contribution in [0.4, 0.5) is 6.01 Å². The maximum absolute atomic E-state index is 5.46. The molecule has 6 nitrogen and oxygen atoms in total. The molecule has 0 saturated carbocycles. The van der Waals surface area contributed by atoms with Crippen molar-refractivity contribution in [3.8, 4) is 0 Å². The number of ether oxygens (including phenoxy) is 1. The molecule has 0 N–H and O–H groups in total. The van der Waals surface area contributed by atoms with Crippen molar-refractivity contribution in [2.45, 2.75) is 32.2 Å². The highest BCUT2D eigenvalue weighted by Gasteiger charge is 2.28. The second-order valence-electron chi connectivity index (χ2n) is 5.63. The summed E-state index contributed by atoms with van der Waals surface area (Å²) in [6.45, 7) is 9.96. The van der Waals surface area contributed by atoms with Crippen LogP contribution in [0.3, 0.4) is 0 Å². The number of aromatic nitrogens is 2. The molecule has 1 aromatic heterocycles. The third-order valence-corrected chi connectivity index (χ3v) is 3.95. The highest BCUT2D eigenvalue weighted by Crippen LogP contribution is 2.20. The number of piperazine rings is 1. The Morgan fingerprint density at radius 3 is 2.58 bits per heavy atom. The van der Waals surface area contributed by atoms with Gasteiger partial charge >= 0.3 is 6.01 Å². The van der Waals surface area contributed by atoms with Gasteiger partial charge in [-0.3, -0.25) is 4.90 Å². The monoisotopic (exact) mass is 266 g/mol. The largest absolute Gasteiger partial charge is 0.380 e. The van der Waals surface area contributed by atoms with E-state index in [-0.39, 0.29) is 0 Å². The van der Waals surface area contributed by atoms with Crippen LogP contribution in [0.5, 0.6) is 0 Å². The summed E-state index contributed by atoms with van der Waals surface area (Å²) in [4.78, 5) is 9.16. The Hall–Kier alpha value is -1.14. The molecule has 0 aliphatic carbocycles. The van der Waals surface area contributed by atoms with Crippen LogP contribution in [-0.4, -0.2) is 60.5 Å². The van der Waals surface area contributed by atoms with Crippen LogP contribution >= 0.6 is 0 Å². The smallest absolute Gasteiger partial charge is 0.324 e. The first-order chi connectivity index (χ1) is 9.24. The van der Waals surface area contributed by atoms with E-state index < -0.39 is 0 Å². The van der Waals surface area contributed by atoms with E-state index >= 15 is 0 Å². The Labute approximate surface area is 113 Å². The first-order valence-corrected chi connectivity index (χ1v) is 7.14. The van der Waals surface area contributed by atoms with Gasteiger partial charge in [0.2, 0.25) is 0 Å². The second kappa shape index (κ2) is 5.46. The fourth-order valence-electron chi connectivity index (χ4n) is 2.68. The quantitative estimate of drug-likeness (QED) is 0.816. The molecule has 106 valence electrons. The molecule has 1 atom stereocenters. The molecule has 2 fully saturated rings. The topological polar surface area (TPSA) is 54.6 Å². The van der Waals surface area contributed by atoms with E-state index in [1.165, 1.54) is 0 Å².